The first kappa shape index (κ1) is 18.5. The number of hydrogen-bond donors (Lipinski definition) is 1. The summed E-state index contributed by atoms with van der Waals surface area (Å²) in [6, 6.07) is 11.1. The summed E-state index contributed by atoms with van der Waals surface area (Å²) >= 11 is 7.67. The number of hydrogen-bond acceptors (Lipinski definition) is 5. The van der Waals surface area contributed by atoms with Crippen LogP contribution < -0.4 is 10.1 Å². The molecule has 4 rings (SSSR count). The van der Waals surface area contributed by atoms with Gasteiger partial charge >= 0.3 is 0 Å². The van der Waals surface area contributed by atoms with Crippen molar-refractivity contribution in [3.05, 3.63) is 71.1 Å². The fourth-order valence-corrected chi connectivity index (χ4v) is 3.85. The molecule has 0 spiro atoms. The van der Waals surface area contributed by atoms with Gasteiger partial charge in [0.2, 0.25) is 0 Å². The average molecular weight is 413 g/mol. The first-order valence-corrected chi connectivity index (χ1v) is 9.94. The number of benzene rings is 1. The molecule has 3 heterocycles. The Morgan fingerprint density at radius 2 is 2.18 bits per heavy atom. The minimum absolute atomic E-state index is 0.184. The van der Waals surface area contributed by atoms with Crippen LogP contribution in [0.25, 0.3) is 16.2 Å². The summed E-state index contributed by atoms with van der Waals surface area (Å²) in [6.07, 6.45) is 4.96. The number of imidazole rings is 1. The number of carbonyl (C=O) groups excluding carboxylic acids is 1. The summed E-state index contributed by atoms with van der Waals surface area (Å²) in [4.78, 5) is 22.0. The highest BCUT2D eigenvalue weighted by atomic mass is 35.5. The maximum absolute atomic E-state index is 12.6. The van der Waals surface area contributed by atoms with Crippen molar-refractivity contribution in [3.8, 4) is 17.0 Å². The lowest BCUT2D eigenvalue weighted by Gasteiger charge is -2.14. The summed E-state index contributed by atoms with van der Waals surface area (Å²) in [5, 5.41) is 5.32. The molecule has 1 aromatic carbocycles. The lowest BCUT2D eigenvalue weighted by molar-refractivity contribution is 0.0926. The normalized spacial score (nSPS) is 12.1. The third kappa shape index (κ3) is 3.85. The predicted octanol–water partition coefficient (Wildman–Crippen LogP) is 4.31. The monoisotopic (exact) mass is 412 g/mol. The van der Waals surface area contributed by atoms with E-state index in [0.29, 0.717) is 23.0 Å². The SMILES string of the molecule is CC(CNC(=O)c1csc2nc(-c3ccccc3Cl)cn12)Oc1cccnc1. The number of rotatable bonds is 6. The van der Waals surface area contributed by atoms with Gasteiger partial charge in [-0.1, -0.05) is 29.8 Å². The number of fused-ring (bicyclic) bond motifs is 1. The zero-order valence-corrected chi connectivity index (χ0v) is 16.6. The van der Waals surface area contributed by atoms with Crippen LogP contribution in [-0.2, 0) is 0 Å². The fraction of sp³-hybridized carbons (Fsp3) is 0.150. The number of thiazole rings is 1. The van der Waals surface area contributed by atoms with E-state index in [0.717, 1.165) is 16.2 Å². The van der Waals surface area contributed by atoms with Crippen LogP contribution >= 0.6 is 22.9 Å². The molecule has 0 aliphatic rings. The number of aromatic nitrogens is 3. The maximum atomic E-state index is 12.6. The topological polar surface area (TPSA) is 68.5 Å². The molecule has 1 amide bonds. The van der Waals surface area contributed by atoms with Gasteiger partial charge in [0.05, 0.1) is 23.5 Å². The van der Waals surface area contributed by atoms with Crippen LogP contribution in [-0.4, -0.2) is 32.9 Å². The molecule has 8 heteroatoms. The molecule has 1 N–H and O–H groups in total. The number of halogens is 1. The van der Waals surface area contributed by atoms with Crippen LogP contribution in [0.3, 0.4) is 0 Å². The van der Waals surface area contributed by atoms with E-state index in [1.807, 2.05) is 43.5 Å². The predicted molar refractivity (Wildman–Crippen MR) is 110 cm³/mol. The van der Waals surface area contributed by atoms with Crippen molar-refractivity contribution in [3.63, 3.8) is 0 Å². The second-order valence-electron chi connectivity index (χ2n) is 6.21. The highest BCUT2D eigenvalue weighted by Gasteiger charge is 2.17. The number of pyridine rings is 1. The van der Waals surface area contributed by atoms with Crippen molar-refractivity contribution in [2.75, 3.05) is 6.54 Å². The van der Waals surface area contributed by atoms with Crippen molar-refractivity contribution >= 4 is 33.8 Å². The van der Waals surface area contributed by atoms with E-state index < -0.39 is 0 Å². The molecular formula is C20H17ClN4O2S. The second-order valence-corrected chi connectivity index (χ2v) is 7.45. The van der Waals surface area contributed by atoms with E-state index in [4.69, 9.17) is 16.3 Å². The van der Waals surface area contributed by atoms with E-state index in [1.54, 1.807) is 28.2 Å². The van der Waals surface area contributed by atoms with Gasteiger partial charge in [0.1, 0.15) is 17.5 Å². The molecule has 0 radical (unpaired) electrons. The summed E-state index contributed by atoms with van der Waals surface area (Å²) in [5.74, 6) is 0.483. The van der Waals surface area contributed by atoms with Gasteiger partial charge in [0, 0.05) is 23.3 Å². The molecule has 6 nitrogen and oxygen atoms in total. The van der Waals surface area contributed by atoms with Crippen LogP contribution in [0.5, 0.6) is 5.75 Å². The molecule has 1 atom stereocenters. The smallest absolute Gasteiger partial charge is 0.269 e. The van der Waals surface area contributed by atoms with E-state index in [2.05, 4.69) is 15.3 Å². The van der Waals surface area contributed by atoms with Gasteiger partial charge < -0.3 is 10.1 Å². The van der Waals surface area contributed by atoms with Crippen molar-refractivity contribution in [1.82, 2.24) is 19.7 Å². The number of nitrogens with one attached hydrogen (secondary N) is 1. The van der Waals surface area contributed by atoms with E-state index >= 15 is 0 Å². The van der Waals surface area contributed by atoms with Crippen LogP contribution in [0.15, 0.2) is 60.4 Å². The molecule has 0 saturated heterocycles. The lowest BCUT2D eigenvalue weighted by Crippen LogP contribution is -2.34. The van der Waals surface area contributed by atoms with Gasteiger partial charge in [0.25, 0.3) is 5.91 Å². The van der Waals surface area contributed by atoms with Crippen LogP contribution in [0, 0.1) is 0 Å². The van der Waals surface area contributed by atoms with Crippen molar-refractivity contribution in [2.24, 2.45) is 0 Å². The molecule has 0 aliphatic carbocycles. The second kappa shape index (κ2) is 8.00. The first-order chi connectivity index (χ1) is 13.6. The van der Waals surface area contributed by atoms with Gasteiger partial charge in [-0.2, -0.15) is 0 Å². The minimum Gasteiger partial charge on any atom is -0.487 e. The highest BCUT2D eigenvalue weighted by Crippen LogP contribution is 2.29. The third-order valence-electron chi connectivity index (χ3n) is 4.11. The van der Waals surface area contributed by atoms with Gasteiger partial charge in [0.15, 0.2) is 4.96 Å². The number of ether oxygens (including phenoxy) is 1. The van der Waals surface area contributed by atoms with Crippen molar-refractivity contribution in [2.45, 2.75) is 13.0 Å². The zero-order chi connectivity index (χ0) is 19.5. The Morgan fingerprint density at radius 1 is 1.32 bits per heavy atom. The molecule has 0 aliphatic heterocycles. The Morgan fingerprint density at radius 3 is 2.96 bits per heavy atom. The Kier molecular flexibility index (Phi) is 5.27. The average Bonchev–Trinajstić information content (AvgIpc) is 3.28. The first-order valence-electron chi connectivity index (χ1n) is 8.68. The highest BCUT2D eigenvalue weighted by molar-refractivity contribution is 7.15. The lowest BCUT2D eigenvalue weighted by atomic mass is 10.2. The van der Waals surface area contributed by atoms with Gasteiger partial charge in [-0.25, -0.2) is 4.98 Å². The quantitative estimate of drug-likeness (QED) is 0.512. The standard InChI is InChI=1S/C20H17ClN4O2S/c1-13(27-14-5-4-8-22-10-14)9-23-19(26)18-12-28-20-24-17(11-25(18)20)15-6-2-3-7-16(15)21/h2-8,10-13H,9H2,1H3,(H,23,26). The number of carbonyl (C=O) groups is 1. The maximum Gasteiger partial charge on any atom is 0.269 e. The molecule has 1 unspecified atom stereocenters. The Balaban J connectivity index is 1.46. The van der Waals surface area contributed by atoms with Gasteiger partial charge in [-0.3, -0.25) is 14.2 Å². The van der Waals surface area contributed by atoms with E-state index in [9.17, 15) is 4.79 Å². The Bertz CT molecular complexity index is 1110. The number of nitrogens with zero attached hydrogens (tertiary/aromatic N) is 3. The summed E-state index contributed by atoms with van der Waals surface area (Å²) in [7, 11) is 0. The van der Waals surface area contributed by atoms with Gasteiger partial charge in [-0.15, -0.1) is 11.3 Å². The molecule has 4 aromatic rings. The molecule has 0 fully saturated rings. The van der Waals surface area contributed by atoms with Crippen LogP contribution in [0.1, 0.15) is 17.4 Å². The molecular weight excluding hydrogens is 396 g/mol. The number of amides is 1. The van der Waals surface area contributed by atoms with E-state index in [-0.39, 0.29) is 12.0 Å². The molecule has 28 heavy (non-hydrogen) atoms. The Hall–Kier alpha value is -2.90. The van der Waals surface area contributed by atoms with Crippen molar-refractivity contribution in [1.29, 1.82) is 0 Å². The van der Waals surface area contributed by atoms with Crippen LogP contribution in [0.2, 0.25) is 5.02 Å². The summed E-state index contributed by atoms with van der Waals surface area (Å²) in [6.45, 7) is 2.26. The molecule has 0 saturated carbocycles. The summed E-state index contributed by atoms with van der Waals surface area (Å²) in [5.41, 5.74) is 2.10. The van der Waals surface area contributed by atoms with Crippen LogP contribution in [0.4, 0.5) is 0 Å². The van der Waals surface area contributed by atoms with E-state index in [1.165, 1.54) is 11.3 Å². The van der Waals surface area contributed by atoms with Gasteiger partial charge in [-0.05, 0) is 25.1 Å². The summed E-state index contributed by atoms with van der Waals surface area (Å²) < 4.78 is 7.52. The molecule has 3 aromatic heterocycles. The zero-order valence-electron chi connectivity index (χ0n) is 15.0. The largest absolute Gasteiger partial charge is 0.487 e. The molecule has 0 bridgehead atoms. The fourth-order valence-electron chi connectivity index (χ4n) is 2.76. The third-order valence-corrected chi connectivity index (χ3v) is 5.28. The molecule has 142 valence electrons. The minimum atomic E-state index is -0.191. The van der Waals surface area contributed by atoms with Crippen molar-refractivity contribution < 1.29 is 9.53 Å². The Labute approximate surface area is 170 Å².